The second-order valence-electron chi connectivity index (χ2n) is 5.85. The lowest BCUT2D eigenvalue weighted by Gasteiger charge is -2.28. The maximum atomic E-state index is 9.92. The lowest BCUT2D eigenvalue weighted by Crippen LogP contribution is -2.37. The molecule has 4 nitrogen and oxygen atoms in total. The summed E-state index contributed by atoms with van der Waals surface area (Å²) in [5.41, 5.74) is 1.76. The van der Waals surface area contributed by atoms with Crippen LogP contribution < -0.4 is 4.90 Å². The van der Waals surface area contributed by atoms with E-state index in [1.807, 2.05) is 25.8 Å². The molecule has 0 saturated heterocycles. The number of aliphatic hydroxyl groups is 1. The first kappa shape index (κ1) is 13.3. The number of anilines is 1. The first-order valence-electron chi connectivity index (χ1n) is 6.73. The molecule has 0 spiro atoms. The van der Waals surface area contributed by atoms with Crippen LogP contribution in [0.5, 0.6) is 0 Å². The molecule has 0 atom stereocenters. The molecule has 1 aromatic rings. The summed E-state index contributed by atoms with van der Waals surface area (Å²) in [4.78, 5) is 10.9. The Labute approximate surface area is 109 Å². The Morgan fingerprint density at radius 2 is 1.94 bits per heavy atom. The smallest absolute Gasteiger partial charge is 0.135 e. The molecule has 1 aliphatic rings. The summed E-state index contributed by atoms with van der Waals surface area (Å²) in [6, 6.07) is 0. The van der Waals surface area contributed by atoms with Gasteiger partial charge in [0.2, 0.25) is 0 Å². The highest BCUT2D eigenvalue weighted by atomic mass is 16.3. The molecule has 0 aromatic carbocycles. The van der Waals surface area contributed by atoms with E-state index in [0.29, 0.717) is 6.54 Å². The van der Waals surface area contributed by atoms with Crippen molar-refractivity contribution < 1.29 is 5.11 Å². The number of rotatable bonds is 3. The maximum Gasteiger partial charge on any atom is 0.135 e. The number of aryl methyl sites for hydroxylation is 1. The van der Waals surface area contributed by atoms with Gasteiger partial charge in [0, 0.05) is 24.8 Å². The normalized spacial score (nSPS) is 16.0. The van der Waals surface area contributed by atoms with Crippen molar-refractivity contribution in [3.63, 3.8) is 0 Å². The van der Waals surface area contributed by atoms with Crippen molar-refractivity contribution in [1.82, 2.24) is 9.97 Å². The summed E-state index contributed by atoms with van der Waals surface area (Å²) >= 11 is 0. The van der Waals surface area contributed by atoms with Gasteiger partial charge in [-0.15, -0.1) is 0 Å². The van der Waals surface area contributed by atoms with Crippen LogP contribution in [0.3, 0.4) is 0 Å². The summed E-state index contributed by atoms with van der Waals surface area (Å²) in [6.07, 6.45) is 7.47. The van der Waals surface area contributed by atoms with E-state index < -0.39 is 5.60 Å². The van der Waals surface area contributed by atoms with Crippen molar-refractivity contribution in [2.24, 2.45) is 0 Å². The lowest BCUT2D eigenvalue weighted by atomic mass is 10.1. The Balaban J connectivity index is 2.27. The molecule has 1 aromatic heterocycles. The van der Waals surface area contributed by atoms with Crippen LogP contribution in [0.15, 0.2) is 6.33 Å². The fourth-order valence-electron chi connectivity index (χ4n) is 2.66. The zero-order chi connectivity index (χ0) is 13.2. The SMILES string of the molecule is CN(CC(C)(C)O)c1ncnc2c1CCCCC2. The van der Waals surface area contributed by atoms with E-state index in [9.17, 15) is 5.11 Å². The van der Waals surface area contributed by atoms with E-state index in [4.69, 9.17) is 0 Å². The number of aromatic nitrogens is 2. The number of likely N-dealkylation sites (N-methyl/N-ethyl adjacent to an activating group) is 1. The van der Waals surface area contributed by atoms with Crippen LogP contribution >= 0.6 is 0 Å². The number of fused-ring (bicyclic) bond motifs is 1. The zero-order valence-corrected chi connectivity index (χ0v) is 11.6. The molecule has 18 heavy (non-hydrogen) atoms. The predicted octanol–water partition coefficient (Wildman–Crippen LogP) is 1.95. The molecule has 2 rings (SSSR count). The Morgan fingerprint density at radius 1 is 1.22 bits per heavy atom. The van der Waals surface area contributed by atoms with Gasteiger partial charge in [-0.05, 0) is 39.5 Å². The summed E-state index contributed by atoms with van der Waals surface area (Å²) in [5.74, 6) is 0.990. The number of hydrogen-bond donors (Lipinski definition) is 1. The van der Waals surface area contributed by atoms with Gasteiger partial charge in [0.1, 0.15) is 12.1 Å². The van der Waals surface area contributed by atoms with Crippen LogP contribution in [0.25, 0.3) is 0 Å². The Hall–Kier alpha value is -1.16. The summed E-state index contributed by atoms with van der Waals surface area (Å²) in [6.45, 7) is 4.23. The average molecular weight is 249 g/mol. The largest absolute Gasteiger partial charge is 0.389 e. The van der Waals surface area contributed by atoms with Gasteiger partial charge in [-0.2, -0.15) is 0 Å². The second kappa shape index (κ2) is 5.22. The molecule has 1 aliphatic carbocycles. The van der Waals surface area contributed by atoms with Crippen molar-refractivity contribution in [1.29, 1.82) is 0 Å². The standard InChI is InChI=1S/C14H23N3O/c1-14(2,18)9-17(3)13-11-7-5-4-6-8-12(11)15-10-16-13/h10,18H,4-9H2,1-3H3. The lowest BCUT2D eigenvalue weighted by molar-refractivity contribution is 0.0884. The third-order valence-corrected chi connectivity index (χ3v) is 3.34. The highest BCUT2D eigenvalue weighted by Crippen LogP contribution is 2.26. The highest BCUT2D eigenvalue weighted by Gasteiger charge is 2.21. The van der Waals surface area contributed by atoms with Gasteiger partial charge in [0.05, 0.1) is 5.60 Å². The van der Waals surface area contributed by atoms with Gasteiger partial charge in [0.25, 0.3) is 0 Å². The van der Waals surface area contributed by atoms with Crippen molar-refractivity contribution in [3.8, 4) is 0 Å². The number of hydrogen-bond acceptors (Lipinski definition) is 4. The predicted molar refractivity (Wildman–Crippen MR) is 72.9 cm³/mol. The molecule has 1 heterocycles. The molecular weight excluding hydrogens is 226 g/mol. The molecular formula is C14H23N3O. The third-order valence-electron chi connectivity index (χ3n) is 3.34. The van der Waals surface area contributed by atoms with Crippen LogP contribution in [0.1, 0.15) is 44.4 Å². The first-order valence-corrected chi connectivity index (χ1v) is 6.73. The topological polar surface area (TPSA) is 49.2 Å². The maximum absolute atomic E-state index is 9.92. The summed E-state index contributed by atoms with van der Waals surface area (Å²) in [5, 5.41) is 9.92. The van der Waals surface area contributed by atoms with E-state index in [1.54, 1.807) is 6.33 Å². The van der Waals surface area contributed by atoms with Crippen LogP contribution in [-0.2, 0) is 12.8 Å². The molecule has 0 fully saturated rings. The van der Waals surface area contributed by atoms with Crippen LogP contribution in [-0.4, -0.2) is 34.3 Å². The Bertz CT molecular complexity index is 412. The highest BCUT2D eigenvalue weighted by molar-refractivity contribution is 5.48. The molecule has 4 heteroatoms. The van der Waals surface area contributed by atoms with Crippen LogP contribution in [0.2, 0.25) is 0 Å². The first-order chi connectivity index (χ1) is 8.47. The Kier molecular flexibility index (Phi) is 3.85. The monoisotopic (exact) mass is 249 g/mol. The van der Waals surface area contributed by atoms with Gasteiger partial charge >= 0.3 is 0 Å². The van der Waals surface area contributed by atoms with E-state index >= 15 is 0 Å². The van der Waals surface area contributed by atoms with E-state index in [0.717, 1.165) is 18.7 Å². The van der Waals surface area contributed by atoms with Gasteiger partial charge < -0.3 is 10.0 Å². The minimum atomic E-state index is -0.711. The molecule has 1 N–H and O–H groups in total. The quantitative estimate of drug-likeness (QED) is 0.832. The van der Waals surface area contributed by atoms with E-state index in [2.05, 4.69) is 9.97 Å². The molecule has 0 bridgehead atoms. The van der Waals surface area contributed by atoms with Crippen LogP contribution in [0, 0.1) is 0 Å². The zero-order valence-electron chi connectivity index (χ0n) is 11.6. The molecule has 0 amide bonds. The van der Waals surface area contributed by atoms with Gasteiger partial charge in [-0.25, -0.2) is 9.97 Å². The van der Waals surface area contributed by atoms with Gasteiger partial charge in [-0.3, -0.25) is 0 Å². The van der Waals surface area contributed by atoms with Crippen molar-refractivity contribution in [3.05, 3.63) is 17.6 Å². The summed E-state index contributed by atoms with van der Waals surface area (Å²) in [7, 11) is 1.99. The van der Waals surface area contributed by atoms with Crippen molar-refractivity contribution >= 4 is 5.82 Å². The molecule has 100 valence electrons. The van der Waals surface area contributed by atoms with Crippen molar-refractivity contribution in [2.75, 3.05) is 18.5 Å². The number of nitrogens with zero attached hydrogens (tertiary/aromatic N) is 3. The Morgan fingerprint density at radius 3 is 2.67 bits per heavy atom. The average Bonchev–Trinajstić information content (AvgIpc) is 2.50. The fraction of sp³-hybridized carbons (Fsp3) is 0.714. The second-order valence-corrected chi connectivity index (χ2v) is 5.85. The van der Waals surface area contributed by atoms with E-state index in [-0.39, 0.29) is 0 Å². The third kappa shape index (κ3) is 3.19. The molecule has 0 radical (unpaired) electrons. The van der Waals surface area contributed by atoms with Crippen molar-refractivity contribution in [2.45, 2.75) is 51.6 Å². The van der Waals surface area contributed by atoms with Gasteiger partial charge in [-0.1, -0.05) is 6.42 Å². The van der Waals surface area contributed by atoms with Gasteiger partial charge in [0.15, 0.2) is 0 Å². The minimum Gasteiger partial charge on any atom is -0.389 e. The van der Waals surface area contributed by atoms with E-state index in [1.165, 1.54) is 30.5 Å². The fourth-order valence-corrected chi connectivity index (χ4v) is 2.66. The minimum absolute atomic E-state index is 0.580. The molecule has 0 unspecified atom stereocenters. The van der Waals surface area contributed by atoms with Crippen LogP contribution in [0.4, 0.5) is 5.82 Å². The molecule has 0 aliphatic heterocycles. The molecule has 0 saturated carbocycles. The summed E-state index contributed by atoms with van der Waals surface area (Å²) < 4.78 is 0.